The Morgan fingerprint density at radius 2 is 2.13 bits per heavy atom. The maximum Gasteiger partial charge on any atom is 0.353 e. The fraction of sp³-hybridized carbons (Fsp3) is 0.364. The maximum absolute atomic E-state index is 11.5. The summed E-state index contributed by atoms with van der Waals surface area (Å²) in [6.45, 7) is 0.885. The molecule has 78 valence electrons. The Morgan fingerprint density at radius 1 is 1.33 bits per heavy atom. The van der Waals surface area contributed by atoms with Crippen molar-refractivity contribution in [2.24, 2.45) is 0 Å². The molecule has 2 heterocycles. The number of carbonyl (C=O) groups is 1. The minimum absolute atomic E-state index is 0.118. The molecule has 0 aromatic heterocycles. The number of quaternary nitrogens is 1. The number of nitrogens with one attached hydrogen (secondary N) is 1. The minimum Gasteiger partial charge on any atom is -0.509 e. The Balaban J connectivity index is 1.92. The molecule has 4 heteroatoms. The van der Waals surface area contributed by atoms with Crippen LogP contribution in [0.5, 0.6) is 0 Å². The van der Waals surface area contributed by atoms with Gasteiger partial charge in [-0.1, -0.05) is 30.3 Å². The highest BCUT2D eigenvalue weighted by Gasteiger charge is 2.45. The lowest BCUT2D eigenvalue weighted by atomic mass is 9.92. The van der Waals surface area contributed by atoms with Crippen LogP contribution in [-0.4, -0.2) is 18.6 Å². The second kappa shape index (κ2) is 3.32. The highest BCUT2D eigenvalue weighted by molar-refractivity contribution is 5.77. The molecule has 2 fully saturated rings. The molecule has 1 N–H and O–H groups in total. The van der Waals surface area contributed by atoms with Crippen molar-refractivity contribution in [3.05, 3.63) is 41.5 Å². The predicted molar refractivity (Wildman–Crippen MR) is 52.9 cm³/mol. The molecule has 2 aliphatic heterocycles. The molecule has 0 radical (unpaired) electrons. The minimum atomic E-state index is -0.184. The molecule has 0 saturated carbocycles. The predicted octanol–water partition coefficient (Wildman–Crippen LogP) is 0.188. The van der Waals surface area contributed by atoms with Gasteiger partial charge in [0, 0.05) is 6.42 Å². The van der Waals surface area contributed by atoms with E-state index < -0.39 is 0 Å². The zero-order chi connectivity index (χ0) is 10.3. The summed E-state index contributed by atoms with van der Waals surface area (Å²) in [7, 11) is 0. The van der Waals surface area contributed by atoms with Crippen LogP contribution in [0.4, 0.5) is 0 Å². The van der Waals surface area contributed by atoms with Gasteiger partial charge in [0.2, 0.25) is 0 Å². The van der Waals surface area contributed by atoms with Crippen molar-refractivity contribution in [3.63, 3.8) is 0 Å². The third-order valence-corrected chi connectivity index (χ3v) is 3.21. The monoisotopic (exact) mass is 204 g/mol. The van der Waals surface area contributed by atoms with E-state index in [0.717, 1.165) is 18.0 Å². The van der Waals surface area contributed by atoms with Crippen LogP contribution in [0.15, 0.2) is 30.3 Å². The molecule has 15 heavy (non-hydrogen) atoms. The van der Waals surface area contributed by atoms with E-state index in [4.69, 9.17) is 4.84 Å². The van der Waals surface area contributed by atoms with Crippen molar-refractivity contribution in [2.45, 2.75) is 18.4 Å². The Kier molecular flexibility index (Phi) is 1.97. The lowest BCUT2D eigenvalue weighted by Gasteiger charge is -2.18. The first-order chi connectivity index (χ1) is 7.36. The van der Waals surface area contributed by atoms with Crippen molar-refractivity contribution >= 4 is 5.97 Å². The first-order valence-corrected chi connectivity index (χ1v) is 5.19. The van der Waals surface area contributed by atoms with Gasteiger partial charge in [-0.2, -0.15) is 0 Å². The molecule has 4 nitrogen and oxygen atoms in total. The summed E-state index contributed by atoms with van der Waals surface area (Å²) in [5.41, 5.74) is 5.04. The standard InChI is InChI=1S/C11H12N2O2/c14-11-10-9(6-7-13(10)12-15-11)8-4-2-1-3-5-8/h1-5,9-10,13H,6-7H2/t9-,10?/m1/s1. The topological polar surface area (TPSA) is 44.8 Å². The average molecular weight is 204 g/mol. The van der Waals surface area contributed by atoms with Gasteiger partial charge >= 0.3 is 5.97 Å². The number of benzene rings is 1. The number of fused-ring (bicyclic) bond motifs is 1. The summed E-state index contributed by atoms with van der Waals surface area (Å²) in [6, 6.07) is 10.0. The summed E-state index contributed by atoms with van der Waals surface area (Å²) in [6.07, 6.45) is 1.00. The molecule has 0 bridgehead atoms. The second-order valence-electron chi connectivity index (χ2n) is 4.03. The average Bonchev–Trinajstić information content (AvgIpc) is 2.84. The molecule has 2 saturated heterocycles. The Hall–Kier alpha value is -1.39. The molecule has 3 atom stereocenters. The van der Waals surface area contributed by atoms with Crippen molar-refractivity contribution in [2.75, 3.05) is 6.54 Å². The van der Waals surface area contributed by atoms with Gasteiger partial charge in [0.25, 0.3) is 0 Å². The van der Waals surface area contributed by atoms with Gasteiger partial charge in [-0.25, -0.2) is 4.79 Å². The molecule has 0 amide bonds. The molecule has 3 rings (SSSR count). The van der Waals surface area contributed by atoms with E-state index in [0.29, 0.717) is 0 Å². The van der Waals surface area contributed by atoms with E-state index in [1.54, 1.807) is 0 Å². The van der Waals surface area contributed by atoms with Crippen LogP contribution in [0.2, 0.25) is 0 Å². The summed E-state index contributed by atoms with van der Waals surface area (Å²) in [4.78, 5) is 16.2. The molecule has 0 spiro atoms. The first kappa shape index (κ1) is 8.88. The highest BCUT2D eigenvalue weighted by atomic mass is 16.7. The van der Waals surface area contributed by atoms with Crippen LogP contribution in [0, 0.1) is 0 Å². The summed E-state index contributed by atoms with van der Waals surface area (Å²) >= 11 is 0. The van der Waals surface area contributed by atoms with E-state index in [1.165, 1.54) is 5.56 Å². The van der Waals surface area contributed by atoms with Crippen LogP contribution in [-0.2, 0) is 9.63 Å². The largest absolute Gasteiger partial charge is 0.509 e. The lowest BCUT2D eigenvalue weighted by Crippen LogP contribution is -3.08. The molecular formula is C11H12N2O2. The van der Waals surface area contributed by atoms with Crippen LogP contribution >= 0.6 is 0 Å². The Morgan fingerprint density at radius 3 is 2.93 bits per heavy atom. The van der Waals surface area contributed by atoms with Crippen LogP contribution in [0.3, 0.4) is 0 Å². The fourth-order valence-corrected chi connectivity index (χ4v) is 2.48. The normalized spacial score (nSPS) is 33.9. The van der Waals surface area contributed by atoms with Gasteiger partial charge in [0.05, 0.1) is 12.5 Å². The van der Waals surface area contributed by atoms with Gasteiger partial charge in [-0.15, -0.1) is 0 Å². The van der Waals surface area contributed by atoms with E-state index in [-0.39, 0.29) is 17.9 Å². The molecule has 2 aliphatic rings. The molecule has 1 aromatic carbocycles. The third-order valence-electron chi connectivity index (χ3n) is 3.21. The number of rotatable bonds is 1. The Bertz CT molecular complexity index is 379. The van der Waals surface area contributed by atoms with Crippen molar-refractivity contribution in [3.8, 4) is 0 Å². The Labute approximate surface area is 87.8 Å². The lowest BCUT2D eigenvalue weighted by molar-refractivity contribution is -0.867. The van der Waals surface area contributed by atoms with Crippen molar-refractivity contribution < 1.29 is 14.6 Å². The van der Waals surface area contributed by atoms with Gasteiger partial charge in [-0.3, -0.25) is 5.59 Å². The smallest absolute Gasteiger partial charge is 0.353 e. The van der Waals surface area contributed by atoms with Gasteiger partial charge in [0.15, 0.2) is 6.04 Å². The van der Waals surface area contributed by atoms with Crippen LogP contribution < -0.4 is 5.01 Å². The van der Waals surface area contributed by atoms with E-state index in [2.05, 4.69) is 17.7 Å². The summed E-state index contributed by atoms with van der Waals surface area (Å²) in [5.74, 6) is 0.0799. The van der Waals surface area contributed by atoms with Crippen molar-refractivity contribution in [1.29, 1.82) is 0 Å². The molecule has 1 aromatic rings. The number of carbonyl (C=O) groups excluding carboxylic acids is 1. The molecular weight excluding hydrogens is 192 g/mol. The molecule has 2 unspecified atom stereocenters. The second-order valence-corrected chi connectivity index (χ2v) is 4.03. The zero-order valence-electron chi connectivity index (χ0n) is 8.22. The van der Waals surface area contributed by atoms with Crippen molar-refractivity contribution in [1.82, 2.24) is 0 Å². The van der Waals surface area contributed by atoms with E-state index in [1.807, 2.05) is 18.2 Å². The highest BCUT2D eigenvalue weighted by Crippen LogP contribution is 2.28. The number of hydrogen-bond donors (Lipinski definition) is 1. The summed E-state index contributed by atoms with van der Waals surface area (Å²) < 4.78 is 0. The van der Waals surface area contributed by atoms with Gasteiger partial charge in [-0.05, 0) is 5.56 Å². The van der Waals surface area contributed by atoms with Gasteiger partial charge in [0.1, 0.15) is 0 Å². The van der Waals surface area contributed by atoms with Gasteiger partial charge < -0.3 is 9.85 Å². The number of hydrogen-bond acceptors (Lipinski definition) is 2. The SMILES string of the molecule is O=C1O[N-][NH+]2CC[C@H](c3ccccc3)C12. The maximum atomic E-state index is 11.5. The van der Waals surface area contributed by atoms with Crippen LogP contribution in [0.25, 0.3) is 5.59 Å². The quantitative estimate of drug-likeness (QED) is 0.709. The molecule has 0 aliphatic carbocycles. The number of nitrogens with zero attached hydrogens (tertiary/aromatic N) is 1. The van der Waals surface area contributed by atoms with E-state index >= 15 is 0 Å². The first-order valence-electron chi connectivity index (χ1n) is 5.19. The third kappa shape index (κ3) is 1.33. The summed E-state index contributed by atoms with van der Waals surface area (Å²) in [5, 5.41) is 0.925. The van der Waals surface area contributed by atoms with Crippen LogP contribution in [0.1, 0.15) is 17.9 Å². The fourth-order valence-electron chi connectivity index (χ4n) is 2.48. The van der Waals surface area contributed by atoms with E-state index in [9.17, 15) is 4.79 Å². The zero-order valence-corrected chi connectivity index (χ0v) is 8.22.